The number of hydrogen-bond donors (Lipinski definition) is 1. The molecule has 0 bridgehead atoms. The van der Waals surface area contributed by atoms with Crippen LogP contribution >= 0.6 is 0 Å². The van der Waals surface area contributed by atoms with E-state index in [1.54, 1.807) is 51.4 Å². The number of methoxy groups -OCH3 is 3. The first-order chi connectivity index (χ1) is 15.9. The number of hydrogen-bond acceptors (Lipinski definition) is 6. The van der Waals surface area contributed by atoms with Gasteiger partial charge in [-0.15, -0.1) is 0 Å². The van der Waals surface area contributed by atoms with Crippen LogP contribution in [0.1, 0.15) is 28.4 Å². The number of carbonyl (C=O) groups is 1. The van der Waals surface area contributed by atoms with Crippen molar-refractivity contribution in [3.8, 4) is 17.2 Å². The number of benzene rings is 2. The molecule has 0 aliphatic rings. The molecule has 0 spiro atoms. The number of ether oxygens (including phenoxy) is 4. The summed E-state index contributed by atoms with van der Waals surface area (Å²) in [5, 5.41) is 7.05. The average molecular weight is 454 g/mol. The summed E-state index contributed by atoms with van der Waals surface area (Å²) in [5.41, 5.74) is 2.49. The molecule has 0 fully saturated rings. The van der Waals surface area contributed by atoms with Crippen molar-refractivity contribution < 1.29 is 23.7 Å². The van der Waals surface area contributed by atoms with Crippen LogP contribution in [0.4, 0.5) is 5.82 Å². The van der Waals surface area contributed by atoms with Gasteiger partial charge < -0.3 is 24.3 Å². The number of amides is 1. The molecule has 1 atom stereocenters. The van der Waals surface area contributed by atoms with E-state index in [1.165, 1.54) is 0 Å². The largest absolute Gasteiger partial charge is 0.493 e. The monoisotopic (exact) mass is 453 g/mol. The van der Waals surface area contributed by atoms with Crippen molar-refractivity contribution in [3.05, 3.63) is 65.4 Å². The maximum atomic E-state index is 12.9. The first-order valence-corrected chi connectivity index (χ1v) is 10.7. The Hall–Kier alpha value is -3.52. The van der Waals surface area contributed by atoms with E-state index in [9.17, 15) is 4.79 Å². The molecule has 33 heavy (non-hydrogen) atoms. The van der Waals surface area contributed by atoms with Crippen LogP contribution in [0.25, 0.3) is 0 Å². The first-order valence-electron chi connectivity index (χ1n) is 10.7. The van der Waals surface area contributed by atoms with Crippen LogP contribution in [0.2, 0.25) is 0 Å². The number of nitrogens with one attached hydrogen (secondary N) is 1. The highest BCUT2D eigenvalue weighted by Crippen LogP contribution is 2.32. The Bertz CT molecular complexity index is 1080. The minimum Gasteiger partial charge on any atom is -0.493 e. The lowest BCUT2D eigenvalue weighted by atomic mass is 10.0. The Labute approximate surface area is 194 Å². The standard InChI is InChI=1S/C25H31N3O5/c1-17(16-30-3)33-21-14-18(9-10-19-7-6-8-22(31-4)24(19)32-5)13-20(15-21)25(29)26-23-11-12-28(2)27-23/h6-8,11-15,17H,9-10,16H2,1-5H3,(H,26,27,29)/t17-/m0/s1. The molecule has 8 nitrogen and oxygen atoms in total. The number of anilines is 1. The zero-order chi connectivity index (χ0) is 23.8. The topological polar surface area (TPSA) is 83.8 Å². The molecule has 1 heterocycles. The van der Waals surface area contributed by atoms with Gasteiger partial charge >= 0.3 is 0 Å². The summed E-state index contributed by atoms with van der Waals surface area (Å²) >= 11 is 0. The van der Waals surface area contributed by atoms with Gasteiger partial charge in [0, 0.05) is 32.0 Å². The summed E-state index contributed by atoms with van der Waals surface area (Å²) in [6, 6.07) is 13.1. The zero-order valence-corrected chi connectivity index (χ0v) is 19.8. The van der Waals surface area contributed by atoms with E-state index in [0.717, 1.165) is 11.1 Å². The molecule has 1 N–H and O–H groups in total. The Morgan fingerprint density at radius 3 is 2.58 bits per heavy atom. The Kier molecular flexibility index (Phi) is 8.32. The Morgan fingerprint density at radius 1 is 1.09 bits per heavy atom. The number of aryl methyl sites for hydroxylation is 3. The molecule has 0 saturated carbocycles. The fourth-order valence-corrected chi connectivity index (χ4v) is 3.61. The molecular weight excluding hydrogens is 422 g/mol. The molecule has 0 aliphatic carbocycles. The van der Waals surface area contributed by atoms with E-state index in [1.807, 2.05) is 37.3 Å². The van der Waals surface area contributed by atoms with Crippen molar-refractivity contribution in [3.63, 3.8) is 0 Å². The molecule has 3 rings (SSSR count). The van der Waals surface area contributed by atoms with Crippen molar-refractivity contribution in [2.75, 3.05) is 33.3 Å². The summed E-state index contributed by atoms with van der Waals surface area (Å²) in [7, 11) is 6.68. The highest BCUT2D eigenvalue weighted by atomic mass is 16.5. The minimum atomic E-state index is -0.251. The van der Waals surface area contributed by atoms with Crippen molar-refractivity contribution in [2.24, 2.45) is 7.05 Å². The van der Waals surface area contributed by atoms with Crippen LogP contribution < -0.4 is 19.5 Å². The summed E-state index contributed by atoms with van der Waals surface area (Å²) in [6.45, 7) is 2.37. The summed E-state index contributed by atoms with van der Waals surface area (Å²) in [4.78, 5) is 12.9. The third-order valence-electron chi connectivity index (χ3n) is 5.09. The normalized spacial score (nSPS) is 11.7. The van der Waals surface area contributed by atoms with Gasteiger partial charge in [-0.25, -0.2) is 0 Å². The van der Waals surface area contributed by atoms with Crippen molar-refractivity contribution in [1.29, 1.82) is 0 Å². The van der Waals surface area contributed by atoms with Gasteiger partial charge in [0.25, 0.3) is 5.91 Å². The van der Waals surface area contributed by atoms with Crippen molar-refractivity contribution >= 4 is 11.7 Å². The van der Waals surface area contributed by atoms with Gasteiger partial charge in [-0.05, 0) is 55.2 Å². The van der Waals surface area contributed by atoms with Gasteiger partial charge in [0.05, 0.1) is 20.8 Å². The molecule has 8 heteroatoms. The quantitative estimate of drug-likeness (QED) is 0.474. The van der Waals surface area contributed by atoms with Gasteiger partial charge in [0.15, 0.2) is 17.3 Å². The second-order valence-corrected chi connectivity index (χ2v) is 7.73. The van der Waals surface area contributed by atoms with Gasteiger partial charge in [-0.3, -0.25) is 9.48 Å². The first kappa shape index (κ1) is 24.1. The van der Waals surface area contributed by atoms with E-state index >= 15 is 0 Å². The molecule has 1 amide bonds. The third-order valence-corrected chi connectivity index (χ3v) is 5.09. The maximum absolute atomic E-state index is 12.9. The minimum absolute atomic E-state index is 0.157. The van der Waals surface area contributed by atoms with Crippen LogP contribution in [0.15, 0.2) is 48.7 Å². The zero-order valence-electron chi connectivity index (χ0n) is 19.8. The van der Waals surface area contributed by atoms with Crippen LogP contribution in [0, 0.1) is 0 Å². The molecule has 2 aromatic carbocycles. The van der Waals surface area contributed by atoms with E-state index in [2.05, 4.69) is 10.4 Å². The van der Waals surface area contributed by atoms with E-state index in [0.29, 0.717) is 48.1 Å². The molecule has 0 unspecified atom stereocenters. The lowest BCUT2D eigenvalue weighted by Crippen LogP contribution is -2.19. The second-order valence-electron chi connectivity index (χ2n) is 7.73. The number of para-hydroxylation sites is 1. The van der Waals surface area contributed by atoms with Gasteiger partial charge in [0.2, 0.25) is 0 Å². The molecule has 0 aliphatic heterocycles. The van der Waals surface area contributed by atoms with Gasteiger partial charge in [-0.1, -0.05) is 12.1 Å². The van der Waals surface area contributed by atoms with E-state index in [4.69, 9.17) is 18.9 Å². The lowest BCUT2D eigenvalue weighted by Gasteiger charge is -2.16. The number of aromatic nitrogens is 2. The summed E-state index contributed by atoms with van der Waals surface area (Å²) < 4.78 is 23.8. The highest BCUT2D eigenvalue weighted by Gasteiger charge is 2.15. The molecular formula is C25H31N3O5. The highest BCUT2D eigenvalue weighted by molar-refractivity contribution is 6.04. The summed E-state index contributed by atoms with van der Waals surface area (Å²) in [6.07, 6.45) is 3.01. The molecule has 1 aromatic heterocycles. The van der Waals surface area contributed by atoms with Crippen LogP contribution in [0.3, 0.4) is 0 Å². The summed E-state index contributed by atoms with van der Waals surface area (Å²) in [5.74, 6) is 2.26. The molecule has 0 saturated heterocycles. The third kappa shape index (κ3) is 6.49. The second kappa shape index (κ2) is 11.4. The van der Waals surface area contributed by atoms with Crippen LogP contribution in [-0.4, -0.2) is 49.7 Å². The maximum Gasteiger partial charge on any atom is 0.257 e. The number of nitrogens with zero attached hydrogens (tertiary/aromatic N) is 2. The predicted octanol–water partition coefficient (Wildman–Crippen LogP) is 3.89. The van der Waals surface area contributed by atoms with Gasteiger partial charge in [-0.2, -0.15) is 5.10 Å². The molecule has 176 valence electrons. The SMILES string of the molecule is COC[C@H](C)Oc1cc(CCc2cccc(OC)c2OC)cc(C(=O)Nc2ccn(C)n2)c1. The van der Waals surface area contributed by atoms with Crippen molar-refractivity contribution in [2.45, 2.75) is 25.9 Å². The number of carbonyl (C=O) groups excluding carboxylic acids is 1. The van der Waals surface area contributed by atoms with Crippen molar-refractivity contribution in [1.82, 2.24) is 9.78 Å². The van der Waals surface area contributed by atoms with Crippen LogP contribution in [0.5, 0.6) is 17.2 Å². The van der Waals surface area contributed by atoms with Crippen LogP contribution in [-0.2, 0) is 24.6 Å². The Morgan fingerprint density at radius 2 is 1.91 bits per heavy atom. The average Bonchev–Trinajstić information content (AvgIpc) is 3.21. The fraction of sp³-hybridized carbons (Fsp3) is 0.360. The number of rotatable bonds is 11. The predicted molar refractivity (Wildman–Crippen MR) is 127 cm³/mol. The van der Waals surface area contributed by atoms with Gasteiger partial charge in [0.1, 0.15) is 11.9 Å². The van der Waals surface area contributed by atoms with E-state index in [-0.39, 0.29) is 12.0 Å². The Balaban J connectivity index is 1.85. The molecule has 0 radical (unpaired) electrons. The lowest BCUT2D eigenvalue weighted by molar-refractivity contribution is 0.0916. The van der Waals surface area contributed by atoms with E-state index < -0.39 is 0 Å². The smallest absolute Gasteiger partial charge is 0.257 e. The fourth-order valence-electron chi connectivity index (χ4n) is 3.61. The molecule has 3 aromatic rings.